The summed E-state index contributed by atoms with van der Waals surface area (Å²) in [5.41, 5.74) is -0.132. The Morgan fingerprint density at radius 1 is 1.30 bits per heavy atom. The van der Waals surface area contributed by atoms with Crippen LogP contribution in [0, 0.1) is 5.82 Å². The Bertz CT molecular complexity index is 443. The number of halogens is 1. The van der Waals surface area contributed by atoms with E-state index < -0.39 is 11.7 Å². The summed E-state index contributed by atoms with van der Waals surface area (Å²) in [6, 6.07) is 6.38. The van der Waals surface area contributed by atoms with E-state index in [0.29, 0.717) is 18.7 Å². The van der Waals surface area contributed by atoms with Crippen molar-refractivity contribution in [3.63, 3.8) is 0 Å². The van der Waals surface area contributed by atoms with Gasteiger partial charge >= 0.3 is 6.09 Å². The van der Waals surface area contributed by atoms with Gasteiger partial charge in [0.2, 0.25) is 0 Å². The standard InChI is InChI=1S/C15H22FNO3/c1-15(2,3)20-14(18)17(9-10-19-4)11-12-7-5-6-8-13(12)16/h5-8H,9-11H2,1-4H3. The highest BCUT2D eigenvalue weighted by Crippen LogP contribution is 2.14. The number of rotatable bonds is 5. The lowest BCUT2D eigenvalue weighted by Crippen LogP contribution is -2.38. The van der Waals surface area contributed by atoms with E-state index in [1.165, 1.54) is 11.0 Å². The van der Waals surface area contributed by atoms with Crippen molar-refractivity contribution in [1.29, 1.82) is 0 Å². The van der Waals surface area contributed by atoms with Crippen LogP contribution in [0.3, 0.4) is 0 Å². The van der Waals surface area contributed by atoms with Crippen molar-refractivity contribution in [2.24, 2.45) is 0 Å². The quantitative estimate of drug-likeness (QED) is 0.833. The van der Waals surface area contributed by atoms with Crippen LogP contribution in [0.2, 0.25) is 0 Å². The predicted octanol–water partition coefficient (Wildman–Crippen LogP) is 3.21. The van der Waals surface area contributed by atoms with Crippen molar-refractivity contribution in [2.75, 3.05) is 20.3 Å². The minimum atomic E-state index is -0.586. The maximum atomic E-state index is 13.7. The van der Waals surface area contributed by atoms with Crippen LogP contribution in [0.25, 0.3) is 0 Å². The molecule has 0 unspecified atom stereocenters. The maximum absolute atomic E-state index is 13.7. The van der Waals surface area contributed by atoms with Crippen LogP contribution in [-0.2, 0) is 16.0 Å². The van der Waals surface area contributed by atoms with Gasteiger partial charge in [0.05, 0.1) is 13.2 Å². The van der Waals surface area contributed by atoms with Crippen molar-refractivity contribution in [2.45, 2.75) is 32.9 Å². The van der Waals surface area contributed by atoms with Crippen LogP contribution in [0.4, 0.5) is 9.18 Å². The van der Waals surface area contributed by atoms with Gasteiger partial charge in [-0.2, -0.15) is 0 Å². The molecule has 112 valence electrons. The Morgan fingerprint density at radius 3 is 2.50 bits per heavy atom. The van der Waals surface area contributed by atoms with E-state index in [9.17, 15) is 9.18 Å². The van der Waals surface area contributed by atoms with Crippen molar-refractivity contribution in [1.82, 2.24) is 4.90 Å². The molecule has 4 nitrogen and oxygen atoms in total. The second-order valence-electron chi connectivity index (χ2n) is 5.49. The van der Waals surface area contributed by atoms with Gasteiger partial charge in [-0.3, -0.25) is 0 Å². The molecule has 0 aliphatic heterocycles. The fourth-order valence-electron chi connectivity index (χ4n) is 1.60. The summed E-state index contributed by atoms with van der Waals surface area (Å²) >= 11 is 0. The first-order valence-corrected chi connectivity index (χ1v) is 6.54. The van der Waals surface area contributed by atoms with Crippen LogP contribution >= 0.6 is 0 Å². The SMILES string of the molecule is COCCN(Cc1ccccc1F)C(=O)OC(C)(C)C. The first-order valence-electron chi connectivity index (χ1n) is 6.54. The third kappa shape index (κ3) is 5.57. The molecule has 1 amide bonds. The van der Waals surface area contributed by atoms with E-state index in [4.69, 9.17) is 9.47 Å². The third-order valence-corrected chi connectivity index (χ3v) is 2.54. The number of hydrogen-bond donors (Lipinski definition) is 0. The molecule has 0 fully saturated rings. The van der Waals surface area contributed by atoms with E-state index in [2.05, 4.69) is 0 Å². The van der Waals surface area contributed by atoms with Gasteiger partial charge in [0.15, 0.2) is 0 Å². The minimum absolute atomic E-state index is 0.158. The molecule has 0 heterocycles. The minimum Gasteiger partial charge on any atom is -0.444 e. The summed E-state index contributed by atoms with van der Waals surface area (Å²) in [7, 11) is 1.55. The van der Waals surface area contributed by atoms with E-state index >= 15 is 0 Å². The molecule has 0 bridgehead atoms. The van der Waals surface area contributed by atoms with Gasteiger partial charge in [-0.25, -0.2) is 9.18 Å². The molecule has 0 atom stereocenters. The third-order valence-electron chi connectivity index (χ3n) is 2.54. The highest BCUT2D eigenvalue weighted by molar-refractivity contribution is 5.68. The van der Waals surface area contributed by atoms with Crippen LogP contribution in [0.15, 0.2) is 24.3 Å². The van der Waals surface area contributed by atoms with E-state index in [1.807, 2.05) is 0 Å². The molecule has 1 aromatic carbocycles. The first kappa shape index (κ1) is 16.4. The molecular weight excluding hydrogens is 261 g/mol. The Labute approximate surface area is 119 Å². The fraction of sp³-hybridized carbons (Fsp3) is 0.533. The van der Waals surface area contributed by atoms with Crippen LogP contribution in [-0.4, -0.2) is 36.9 Å². The number of nitrogens with zero attached hydrogens (tertiary/aromatic N) is 1. The Balaban J connectivity index is 2.79. The molecule has 0 saturated carbocycles. The molecular formula is C15H22FNO3. The molecule has 1 aromatic rings. The average Bonchev–Trinajstić information content (AvgIpc) is 2.34. The van der Waals surface area contributed by atoms with Gasteiger partial charge in [-0.1, -0.05) is 18.2 Å². The number of methoxy groups -OCH3 is 1. The topological polar surface area (TPSA) is 38.8 Å². The fourth-order valence-corrected chi connectivity index (χ4v) is 1.60. The van der Waals surface area contributed by atoms with Gasteiger partial charge in [-0.05, 0) is 26.8 Å². The summed E-state index contributed by atoms with van der Waals surface area (Å²) in [6.07, 6.45) is -0.474. The molecule has 0 radical (unpaired) electrons. The summed E-state index contributed by atoms with van der Waals surface area (Å²) in [5.74, 6) is -0.335. The summed E-state index contributed by atoms with van der Waals surface area (Å²) in [4.78, 5) is 13.5. The first-order chi connectivity index (χ1) is 9.33. The van der Waals surface area contributed by atoms with E-state index in [1.54, 1.807) is 46.1 Å². The highest BCUT2D eigenvalue weighted by Gasteiger charge is 2.22. The largest absolute Gasteiger partial charge is 0.444 e. The number of carbonyl (C=O) groups is 1. The number of benzene rings is 1. The zero-order valence-electron chi connectivity index (χ0n) is 12.5. The van der Waals surface area contributed by atoms with Crippen molar-refractivity contribution >= 4 is 6.09 Å². The number of amides is 1. The monoisotopic (exact) mass is 283 g/mol. The molecule has 0 aromatic heterocycles. The number of ether oxygens (including phenoxy) is 2. The zero-order valence-corrected chi connectivity index (χ0v) is 12.5. The second kappa shape index (κ2) is 7.24. The molecule has 0 saturated heterocycles. The van der Waals surface area contributed by atoms with Gasteiger partial charge in [0.1, 0.15) is 11.4 Å². The molecule has 0 aliphatic rings. The Hall–Kier alpha value is -1.62. The van der Waals surface area contributed by atoms with Crippen LogP contribution in [0.5, 0.6) is 0 Å². The van der Waals surface area contributed by atoms with Gasteiger partial charge in [0, 0.05) is 19.2 Å². The van der Waals surface area contributed by atoms with Crippen molar-refractivity contribution in [3.05, 3.63) is 35.6 Å². The Morgan fingerprint density at radius 2 is 1.95 bits per heavy atom. The van der Waals surface area contributed by atoms with Crippen LogP contribution in [0.1, 0.15) is 26.3 Å². The summed E-state index contributed by atoms with van der Waals surface area (Å²) < 4.78 is 24.0. The molecule has 0 spiro atoms. The summed E-state index contributed by atoms with van der Waals surface area (Å²) in [5, 5.41) is 0. The van der Waals surface area contributed by atoms with Crippen molar-refractivity contribution in [3.8, 4) is 0 Å². The number of carbonyl (C=O) groups excluding carboxylic acids is 1. The normalized spacial score (nSPS) is 11.2. The lowest BCUT2D eigenvalue weighted by molar-refractivity contribution is 0.0182. The molecule has 5 heteroatoms. The van der Waals surface area contributed by atoms with Crippen LogP contribution < -0.4 is 0 Å². The second-order valence-corrected chi connectivity index (χ2v) is 5.49. The van der Waals surface area contributed by atoms with E-state index in [-0.39, 0.29) is 12.4 Å². The molecule has 0 N–H and O–H groups in total. The Kier molecular flexibility index (Phi) is 5.95. The maximum Gasteiger partial charge on any atom is 0.410 e. The lowest BCUT2D eigenvalue weighted by atomic mass is 10.2. The van der Waals surface area contributed by atoms with Gasteiger partial charge in [0.25, 0.3) is 0 Å². The molecule has 20 heavy (non-hydrogen) atoms. The smallest absolute Gasteiger partial charge is 0.410 e. The van der Waals surface area contributed by atoms with E-state index in [0.717, 1.165) is 0 Å². The lowest BCUT2D eigenvalue weighted by Gasteiger charge is -2.27. The number of hydrogen-bond acceptors (Lipinski definition) is 3. The molecule has 1 rings (SSSR count). The summed E-state index contributed by atoms with van der Waals surface area (Å²) in [6.45, 7) is 6.26. The zero-order chi connectivity index (χ0) is 15.2. The molecule has 0 aliphatic carbocycles. The highest BCUT2D eigenvalue weighted by atomic mass is 19.1. The van der Waals surface area contributed by atoms with Crippen molar-refractivity contribution < 1.29 is 18.7 Å². The van der Waals surface area contributed by atoms with Gasteiger partial charge in [-0.15, -0.1) is 0 Å². The van der Waals surface area contributed by atoms with Gasteiger partial charge < -0.3 is 14.4 Å². The predicted molar refractivity (Wildman–Crippen MR) is 74.9 cm³/mol. The average molecular weight is 283 g/mol.